The second kappa shape index (κ2) is 11.4. The highest BCUT2D eigenvalue weighted by molar-refractivity contribution is 6.17. The van der Waals surface area contributed by atoms with Crippen molar-refractivity contribution in [1.29, 1.82) is 0 Å². The fraction of sp³-hybridized carbons (Fsp3) is 0.615. The van der Waals surface area contributed by atoms with Crippen molar-refractivity contribution in [2.24, 2.45) is 11.8 Å². The van der Waals surface area contributed by atoms with Crippen molar-refractivity contribution in [3.63, 3.8) is 0 Å². The summed E-state index contributed by atoms with van der Waals surface area (Å²) in [6, 6.07) is 0. The molecule has 0 bridgehead atoms. The third-order valence-corrected chi connectivity index (χ3v) is 5.84. The number of carbonyl (C=O) groups is 4. The summed E-state index contributed by atoms with van der Waals surface area (Å²) in [6.45, 7) is 12.9. The van der Waals surface area contributed by atoms with Crippen molar-refractivity contribution in [2.75, 3.05) is 0 Å². The molecular weight excluding hydrogens is 424 g/mol. The summed E-state index contributed by atoms with van der Waals surface area (Å²) in [4.78, 5) is 51.1. The third kappa shape index (κ3) is 7.69. The van der Waals surface area contributed by atoms with Crippen LogP contribution in [-0.4, -0.2) is 35.4 Å². The number of hydrogen-bond acceptors (Lipinski definition) is 7. The van der Waals surface area contributed by atoms with Gasteiger partial charge < -0.3 is 14.2 Å². The van der Waals surface area contributed by atoms with Crippen LogP contribution in [0.4, 0.5) is 0 Å². The van der Waals surface area contributed by atoms with E-state index in [9.17, 15) is 19.2 Å². The van der Waals surface area contributed by atoms with Gasteiger partial charge in [-0.1, -0.05) is 37.5 Å². The van der Waals surface area contributed by atoms with Gasteiger partial charge in [-0.05, 0) is 39.2 Å². The summed E-state index contributed by atoms with van der Waals surface area (Å²) in [5.41, 5.74) is 1.97. The first kappa shape index (κ1) is 26.6. The lowest BCUT2D eigenvalue weighted by Gasteiger charge is -2.31. The van der Waals surface area contributed by atoms with Crippen molar-refractivity contribution >= 4 is 23.5 Å². The molecule has 1 heterocycles. The number of carbonyl (C=O) groups excluding carboxylic acids is 4. The van der Waals surface area contributed by atoms with Crippen LogP contribution in [0.2, 0.25) is 0 Å². The van der Waals surface area contributed by atoms with Gasteiger partial charge in [0.25, 0.3) is 0 Å². The number of hydrogen-bond donors (Lipinski definition) is 0. The van der Waals surface area contributed by atoms with E-state index < -0.39 is 41.3 Å². The molecular formula is C26H36O7. The monoisotopic (exact) mass is 460 g/mol. The molecule has 33 heavy (non-hydrogen) atoms. The molecule has 2 aliphatic rings. The molecule has 7 heteroatoms. The van der Waals surface area contributed by atoms with E-state index in [4.69, 9.17) is 14.2 Å². The van der Waals surface area contributed by atoms with Crippen LogP contribution in [-0.2, 0) is 33.4 Å². The summed E-state index contributed by atoms with van der Waals surface area (Å²) in [7, 11) is 0. The van der Waals surface area contributed by atoms with Gasteiger partial charge >= 0.3 is 11.9 Å². The molecule has 2 rings (SSSR count). The smallest absolute Gasteiger partial charge is 0.337 e. The highest BCUT2D eigenvalue weighted by atomic mass is 16.7. The van der Waals surface area contributed by atoms with Gasteiger partial charge in [0.15, 0.2) is 17.5 Å². The van der Waals surface area contributed by atoms with Gasteiger partial charge in [-0.25, -0.2) is 4.79 Å². The van der Waals surface area contributed by atoms with Gasteiger partial charge in [-0.3, -0.25) is 14.4 Å². The van der Waals surface area contributed by atoms with E-state index in [1.807, 2.05) is 26.8 Å². The third-order valence-electron chi connectivity index (χ3n) is 5.84. The number of cyclic esters (lactones) is 1. The Bertz CT molecular complexity index is 862. The Hall–Kier alpha value is -2.70. The molecule has 0 aromatic heterocycles. The Balaban J connectivity index is 2.23. The summed E-state index contributed by atoms with van der Waals surface area (Å²) >= 11 is 0. The van der Waals surface area contributed by atoms with Gasteiger partial charge in [0.05, 0.1) is 12.5 Å². The van der Waals surface area contributed by atoms with Gasteiger partial charge in [0.2, 0.25) is 5.79 Å². The predicted molar refractivity (Wildman–Crippen MR) is 123 cm³/mol. The molecule has 0 fully saturated rings. The molecule has 1 aliphatic carbocycles. The van der Waals surface area contributed by atoms with Gasteiger partial charge in [-0.15, -0.1) is 0 Å². The Labute approximate surface area is 196 Å². The molecule has 7 nitrogen and oxygen atoms in total. The molecule has 0 aromatic rings. The number of ketones is 2. The molecule has 0 radical (unpaired) electrons. The van der Waals surface area contributed by atoms with Gasteiger partial charge in [-0.2, -0.15) is 0 Å². The largest absolute Gasteiger partial charge is 0.457 e. The zero-order chi connectivity index (χ0) is 24.8. The zero-order valence-corrected chi connectivity index (χ0v) is 20.4. The number of rotatable bonds is 11. The van der Waals surface area contributed by atoms with Crippen molar-refractivity contribution in [1.82, 2.24) is 0 Å². The van der Waals surface area contributed by atoms with Crippen molar-refractivity contribution in [3.8, 4) is 0 Å². The maximum atomic E-state index is 13.2. The second-order valence-electron chi connectivity index (χ2n) is 9.44. The first-order valence-electron chi connectivity index (χ1n) is 11.6. The van der Waals surface area contributed by atoms with Crippen LogP contribution >= 0.6 is 0 Å². The van der Waals surface area contributed by atoms with Crippen molar-refractivity contribution < 1.29 is 33.4 Å². The minimum absolute atomic E-state index is 0.0635. The van der Waals surface area contributed by atoms with Crippen LogP contribution in [0.3, 0.4) is 0 Å². The summed E-state index contributed by atoms with van der Waals surface area (Å²) < 4.78 is 16.3. The first-order valence-corrected chi connectivity index (χ1v) is 11.6. The number of allylic oxidation sites excluding steroid dienone is 2. The number of Topliss-reactive ketones (excluding diaryl/α,β-unsaturated/α-hetero) is 2. The predicted octanol–water partition coefficient (Wildman–Crippen LogP) is 4.75. The van der Waals surface area contributed by atoms with Crippen LogP contribution in [0.5, 0.6) is 0 Å². The van der Waals surface area contributed by atoms with Crippen LogP contribution in [0.25, 0.3) is 0 Å². The molecule has 0 spiro atoms. The van der Waals surface area contributed by atoms with E-state index in [0.717, 1.165) is 42.9 Å². The SMILES string of the molecule is C=C(C)[C@@H]1CCC(C)=C[C@H]1OC(=O)C(C(=O)CCCCC)C(=O)CC1=CC(=O)OC(C)(C)O1. The standard InChI is InChI=1S/C26H36O7/c1-7-8-9-10-20(27)24(21(28)14-18-15-23(29)33-26(5,6)32-18)25(30)31-22-13-17(4)11-12-19(22)16(2)3/h13,15,19,22,24H,2,7-12,14H2,1,3-6H3/t19-,22+,24?/m0/s1. The molecule has 0 amide bonds. The quantitative estimate of drug-likeness (QED) is 0.190. The lowest BCUT2D eigenvalue weighted by Crippen LogP contribution is -2.39. The lowest BCUT2D eigenvalue weighted by molar-refractivity contribution is -0.205. The average Bonchev–Trinajstić information content (AvgIpc) is 2.66. The molecule has 0 aromatic carbocycles. The van der Waals surface area contributed by atoms with E-state index in [0.29, 0.717) is 6.42 Å². The zero-order valence-electron chi connectivity index (χ0n) is 20.4. The minimum Gasteiger partial charge on any atom is -0.457 e. The van der Waals surface area contributed by atoms with Crippen molar-refractivity contribution in [2.45, 2.75) is 91.5 Å². The Kier molecular flexibility index (Phi) is 9.20. The Morgan fingerprint density at radius 1 is 1.21 bits per heavy atom. The summed E-state index contributed by atoms with van der Waals surface area (Å²) in [5.74, 6) is -5.42. The van der Waals surface area contributed by atoms with Crippen LogP contribution in [0, 0.1) is 11.8 Å². The van der Waals surface area contributed by atoms with Crippen LogP contribution in [0.1, 0.15) is 79.6 Å². The Morgan fingerprint density at radius 2 is 1.91 bits per heavy atom. The molecule has 3 atom stereocenters. The number of ether oxygens (including phenoxy) is 3. The van der Waals surface area contributed by atoms with E-state index in [1.165, 1.54) is 0 Å². The molecule has 0 N–H and O–H groups in total. The average molecular weight is 461 g/mol. The second-order valence-corrected chi connectivity index (χ2v) is 9.44. The maximum absolute atomic E-state index is 13.2. The molecule has 1 unspecified atom stereocenters. The minimum atomic E-state index is -1.56. The van der Waals surface area contributed by atoms with E-state index in [1.54, 1.807) is 13.8 Å². The van der Waals surface area contributed by atoms with Crippen LogP contribution < -0.4 is 0 Å². The summed E-state index contributed by atoms with van der Waals surface area (Å²) in [5, 5.41) is 0. The van der Waals surface area contributed by atoms with E-state index in [-0.39, 0.29) is 24.5 Å². The molecule has 0 saturated carbocycles. The lowest BCUT2D eigenvalue weighted by atomic mass is 9.83. The van der Waals surface area contributed by atoms with Crippen molar-refractivity contribution in [3.05, 3.63) is 35.6 Å². The molecule has 1 aliphatic heterocycles. The first-order chi connectivity index (χ1) is 15.4. The van der Waals surface area contributed by atoms with Gasteiger partial charge in [0, 0.05) is 26.2 Å². The Morgan fingerprint density at radius 3 is 2.52 bits per heavy atom. The fourth-order valence-corrected chi connectivity index (χ4v) is 4.14. The highest BCUT2D eigenvalue weighted by Crippen LogP contribution is 2.32. The van der Waals surface area contributed by atoms with Crippen LogP contribution in [0.15, 0.2) is 35.6 Å². The molecule has 0 saturated heterocycles. The van der Waals surface area contributed by atoms with E-state index in [2.05, 4.69) is 6.58 Å². The highest BCUT2D eigenvalue weighted by Gasteiger charge is 2.39. The maximum Gasteiger partial charge on any atom is 0.337 e. The van der Waals surface area contributed by atoms with Gasteiger partial charge in [0.1, 0.15) is 11.9 Å². The number of unbranched alkanes of at least 4 members (excludes halogenated alkanes) is 2. The fourth-order valence-electron chi connectivity index (χ4n) is 4.14. The van der Waals surface area contributed by atoms with E-state index >= 15 is 0 Å². The number of esters is 2. The summed E-state index contributed by atoms with van der Waals surface area (Å²) in [6.07, 6.45) is 6.07. The topological polar surface area (TPSA) is 96.0 Å². The normalized spacial score (nSPS) is 22.8. The molecule has 182 valence electrons.